The fraction of sp³-hybridized carbons (Fsp3) is 0.500. The van der Waals surface area contributed by atoms with E-state index < -0.39 is 6.23 Å². The molecule has 0 bridgehead atoms. The predicted octanol–water partition coefficient (Wildman–Crippen LogP) is 1.77. The summed E-state index contributed by atoms with van der Waals surface area (Å²) >= 11 is 5.88. The summed E-state index contributed by atoms with van der Waals surface area (Å²) in [4.78, 5) is 8.32. The van der Waals surface area contributed by atoms with Crippen molar-refractivity contribution in [3.8, 4) is 0 Å². The van der Waals surface area contributed by atoms with Crippen molar-refractivity contribution in [3.63, 3.8) is 0 Å². The van der Waals surface area contributed by atoms with Crippen molar-refractivity contribution in [2.24, 2.45) is 0 Å². The van der Waals surface area contributed by atoms with Gasteiger partial charge in [-0.2, -0.15) is 4.98 Å². The molecular weight excluding hydrogens is 252 g/mol. The van der Waals surface area contributed by atoms with Crippen LogP contribution in [0.15, 0.2) is 12.3 Å². The van der Waals surface area contributed by atoms with Gasteiger partial charge in [0, 0.05) is 17.6 Å². The molecule has 0 radical (unpaired) electrons. The van der Waals surface area contributed by atoms with E-state index in [2.05, 4.69) is 19.9 Å². The summed E-state index contributed by atoms with van der Waals surface area (Å²) in [5, 5.41) is 14.6. The number of aliphatic hydroxyl groups excluding tert-OH is 1. The number of rotatable bonds is 0. The van der Waals surface area contributed by atoms with Crippen LogP contribution in [-0.2, 0) is 0 Å². The highest BCUT2D eigenvalue weighted by atomic mass is 35.5. The summed E-state index contributed by atoms with van der Waals surface area (Å²) in [6.45, 7) is 0. The van der Waals surface area contributed by atoms with E-state index in [9.17, 15) is 5.11 Å². The number of hydrogen-bond donors (Lipinski definition) is 2. The molecule has 0 saturated heterocycles. The first kappa shape index (κ1) is 10.7. The Kier molecular flexibility index (Phi) is 2.18. The van der Waals surface area contributed by atoms with E-state index in [1.54, 1.807) is 6.20 Å². The number of hydrogen-bond acceptors (Lipinski definition) is 4. The maximum Gasteiger partial charge on any atom is 0.224 e. The summed E-state index contributed by atoms with van der Waals surface area (Å²) < 4.78 is 2.14. The molecule has 4 rings (SSSR count). The zero-order valence-electron chi connectivity index (χ0n) is 9.67. The van der Waals surface area contributed by atoms with Gasteiger partial charge in [-0.25, -0.2) is 4.98 Å². The zero-order chi connectivity index (χ0) is 12.3. The Labute approximate surface area is 109 Å². The van der Waals surface area contributed by atoms with Crippen LogP contribution in [0, 0.1) is 0 Å². The van der Waals surface area contributed by atoms with Crippen molar-refractivity contribution >= 4 is 22.6 Å². The molecule has 3 atom stereocenters. The Bertz CT molecular complexity index is 626. The highest BCUT2D eigenvalue weighted by Gasteiger charge is 2.38. The molecule has 0 amide bonds. The Balaban J connectivity index is 2.01. The van der Waals surface area contributed by atoms with Gasteiger partial charge in [0.1, 0.15) is 11.9 Å². The van der Waals surface area contributed by atoms with Crippen molar-refractivity contribution in [1.29, 1.82) is 0 Å². The van der Waals surface area contributed by atoms with Crippen molar-refractivity contribution in [3.05, 3.63) is 23.2 Å². The van der Waals surface area contributed by atoms with Crippen LogP contribution in [0.5, 0.6) is 0 Å². The van der Waals surface area contributed by atoms with E-state index in [0.717, 1.165) is 29.6 Å². The van der Waals surface area contributed by atoms with Gasteiger partial charge in [-0.1, -0.05) is 0 Å². The topological polar surface area (TPSA) is 63.0 Å². The van der Waals surface area contributed by atoms with Crippen LogP contribution in [-0.4, -0.2) is 25.7 Å². The van der Waals surface area contributed by atoms with Crippen LogP contribution in [0.25, 0.3) is 11.0 Å². The monoisotopic (exact) mass is 264 g/mol. The molecule has 1 fully saturated rings. The lowest BCUT2D eigenvalue weighted by Crippen LogP contribution is -2.42. The second kappa shape index (κ2) is 3.66. The van der Waals surface area contributed by atoms with Crippen molar-refractivity contribution in [1.82, 2.24) is 19.9 Å². The standard InChI is InChI=1S/C12H13ClN4O/c13-12-14-5-6-4-9-11(18)15-7-2-1-3-8(7)17(9)10(6)16-12/h4-5,7-8,11,15,18H,1-3H2. The second-order valence-electron chi connectivity index (χ2n) is 5.03. The van der Waals surface area contributed by atoms with Gasteiger partial charge >= 0.3 is 0 Å². The van der Waals surface area contributed by atoms with Gasteiger partial charge in [-0.05, 0) is 36.9 Å². The van der Waals surface area contributed by atoms with E-state index in [0.29, 0.717) is 12.1 Å². The highest BCUT2D eigenvalue weighted by molar-refractivity contribution is 6.28. The van der Waals surface area contributed by atoms with E-state index >= 15 is 0 Å². The molecule has 1 aliphatic heterocycles. The quantitative estimate of drug-likeness (QED) is 0.712. The predicted molar refractivity (Wildman–Crippen MR) is 67.3 cm³/mol. The molecule has 0 spiro atoms. The van der Waals surface area contributed by atoms with Gasteiger partial charge in [0.15, 0.2) is 0 Å². The normalized spacial score (nSPS) is 30.4. The van der Waals surface area contributed by atoms with Crippen LogP contribution in [0.4, 0.5) is 0 Å². The first-order chi connectivity index (χ1) is 8.74. The van der Waals surface area contributed by atoms with Crippen molar-refractivity contribution < 1.29 is 5.11 Å². The van der Waals surface area contributed by atoms with Gasteiger partial charge < -0.3 is 9.67 Å². The molecular formula is C12H13ClN4O. The van der Waals surface area contributed by atoms with Crippen molar-refractivity contribution in [2.75, 3.05) is 0 Å². The summed E-state index contributed by atoms with van der Waals surface area (Å²) in [6, 6.07) is 2.64. The van der Waals surface area contributed by atoms with Gasteiger partial charge in [0.25, 0.3) is 0 Å². The summed E-state index contributed by atoms with van der Waals surface area (Å²) in [5.41, 5.74) is 1.70. The second-order valence-corrected chi connectivity index (χ2v) is 5.37. The molecule has 94 valence electrons. The molecule has 18 heavy (non-hydrogen) atoms. The van der Waals surface area contributed by atoms with E-state index in [1.165, 1.54) is 6.42 Å². The zero-order valence-corrected chi connectivity index (χ0v) is 10.4. The maximum absolute atomic E-state index is 10.2. The summed E-state index contributed by atoms with van der Waals surface area (Å²) in [6.07, 6.45) is 4.47. The molecule has 3 heterocycles. The van der Waals surface area contributed by atoms with E-state index in [4.69, 9.17) is 11.6 Å². The first-order valence-corrected chi connectivity index (χ1v) is 6.59. The first-order valence-electron chi connectivity index (χ1n) is 6.21. The highest BCUT2D eigenvalue weighted by Crippen LogP contribution is 2.40. The van der Waals surface area contributed by atoms with Crippen molar-refractivity contribution in [2.45, 2.75) is 37.6 Å². The maximum atomic E-state index is 10.2. The van der Waals surface area contributed by atoms with Gasteiger partial charge in [-0.15, -0.1) is 0 Å². The molecule has 2 N–H and O–H groups in total. The fourth-order valence-corrected chi connectivity index (χ4v) is 3.43. The fourth-order valence-electron chi connectivity index (χ4n) is 3.30. The Morgan fingerprint density at radius 1 is 1.44 bits per heavy atom. The lowest BCUT2D eigenvalue weighted by molar-refractivity contribution is 0.0856. The van der Waals surface area contributed by atoms with Crippen LogP contribution in [0.1, 0.15) is 37.2 Å². The van der Waals surface area contributed by atoms with Gasteiger partial charge in [-0.3, -0.25) is 5.32 Å². The van der Waals surface area contributed by atoms with Crippen LogP contribution in [0.2, 0.25) is 5.28 Å². The third-order valence-corrected chi connectivity index (χ3v) is 4.22. The molecule has 2 aromatic heterocycles. The molecule has 3 unspecified atom stereocenters. The van der Waals surface area contributed by atoms with Crippen LogP contribution < -0.4 is 5.32 Å². The van der Waals surface area contributed by atoms with E-state index in [1.807, 2.05) is 6.07 Å². The third-order valence-electron chi connectivity index (χ3n) is 4.04. The largest absolute Gasteiger partial charge is 0.373 e. The molecule has 2 aromatic rings. The molecule has 0 aromatic carbocycles. The number of halogens is 1. The number of aromatic nitrogens is 3. The number of nitrogens with zero attached hydrogens (tertiary/aromatic N) is 3. The summed E-state index contributed by atoms with van der Waals surface area (Å²) in [7, 11) is 0. The van der Waals surface area contributed by atoms with Crippen LogP contribution >= 0.6 is 11.6 Å². The lowest BCUT2D eigenvalue weighted by atomic mass is 10.1. The molecule has 1 saturated carbocycles. The van der Waals surface area contributed by atoms with Gasteiger partial charge in [0.05, 0.1) is 11.7 Å². The molecule has 1 aliphatic carbocycles. The third kappa shape index (κ3) is 1.35. The average Bonchev–Trinajstić information content (AvgIpc) is 2.92. The lowest BCUT2D eigenvalue weighted by Gasteiger charge is -2.33. The van der Waals surface area contributed by atoms with Crippen LogP contribution in [0.3, 0.4) is 0 Å². The van der Waals surface area contributed by atoms with E-state index in [-0.39, 0.29) is 5.28 Å². The average molecular weight is 265 g/mol. The minimum atomic E-state index is -0.627. The minimum Gasteiger partial charge on any atom is -0.373 e. The Hall–Kier alpha value is -1.17. The Morgan fingerprint density at radius 2 is 2.33 bits per heavy atom. The molecule has 2 aliphatic rings. The molecule has 6 heteroatoms. The van der Waals surface area contributed by atoms with Gasteiger partial charge in [0.2, 0.25) is 5.28 Å². The SMILES string of the molecule is OC1NC2CCCC2n2c1cc1cnc(Cl)nc12. The smallest absolute Gasteiger partial charge is 0.224 e. The number of aliphatic hydroxyl groups is 1. The summed E-state index contributed by atoms with van der Waals surface area (Å²) in [5.74, 6) is 0. The Morgan fingerprint density at radius 3 is 3.22 bits per heavy atom. The number of fused-ring (bicyclic) bond motifs is 5. The molecule has 5 nitrogen and oxygen atoms in total. The number of nitrogens with one attached hydrogen (secondary N) is 1. The minimum absolute atomic E-state index is 0.256.